The maximum absolute atomic E-state index is 14.6. The van der Waals surface area contributed by atoms with Crippen molar-refractivity contribution in [2.24, 2.45) is 10.8 Å². The Labute approximate surface area is 354 Å². The van der Waals surface area contributed by atoms with Crippen LogP contribution in [0.5, 0.6) is 0 Å². The molecule has 0 bridgehead atoms. The van der Waals surface area contributed by atoms with Gasteiger partial charge in [-0.2, -0.15) is 0 Å². The molecule has 0 radical (unpaired) electrons. The fourth-order valence-electron chi connectivity index (χ4n) is 7.82. The molecule has 1 fully saturated rings. The zero-order valence-corrected chi connectivity index (χ0v) is 36.1. The highest BCUT2D eigenvalue weighted by atomic mass is 16.4. The normalized spacial score (nSPS) is 15.8. The summed E-state index contributed by atoms with van der Waals surface area (Å²) in [5, 5.41) is 30.3. The van der Waals surface area contributed by atoms with Gasteiger partial charge in [0.05, 0.1) is 30.1 Å². The summed E-state index contributed by atoms with van der Waals surface area (Å²) < 4.78 is 0. The number of aliphatic hydroxyl groups excluding tert-OH is 1. The van der Waals surface area contributed by atoms with Crippen LogP contribution in [0.3, 0.4) is 0 Å². The quantitative estimate of drug-likeness (QED) is 0.0875. The summed E-state index contributed by atoms with van der Waals surface area (Å²) in [6.07, 6.45) is -1.91. The number of carboxylic acid groups (broad SMARTS) is 1. The number of rotatable bonds is 16. The van der Waals surface area contributed by atoms with E-state index in [1.807, 2.05) is 126 Å². The van der Waals surface area contributed by atoms with Crippen LogP contribution < -0.4 is 16.0 Å². The van der Waals surface area contributed by atoms with Crippen molar-refractivity contribution in [2.75, 3.05) is 13.1 Å². The van der Waals surface area contributed by atoms with Gasteiger partial charge in [-0.3, -0.25) is 19.6 Å². The highest BCUT2D eigenvalue weighted by molar-refractivity contribution is 5.89. The van der Waals surface area contributed by atoms with E-state index in [-0.39, 0.29) is 24.8 Å². The number of carbonyl (C=O) groups is 4. The van der Waals surface area contributed by atoms with Crippen LogP contribution in [0.25, 0.3) is 11.3 Å². The summed E-state index contributed by atoms with van der Waals surface area (Å²) in [4.78, 5) is 66.8. The van der Waals surface area contributed by atoms with E-state index in [1.54, 1.807) is 30.6 Å². The Balaban J connectivity index is 1.42. The van der Waals surface area contributed by atoms with Crippen molar-refractivity contribution in [2.45, 2.75) is 111 Å². The van der Waals surface area contributed by atoms with Gasteiger partial charge in [0.2, 0.25) is 11.8 Å². The van der Waals surface area contributed by atoms with Crippen LogP contribution in [0.2, 0.25) is 0 Å². The fraction of sp³-hybridized carbons (Fsp3) is 0.447. The molecule has 1 aliphatic rings. The number of urea groups is 1. The number of pyridine rings is 2. The first-order valence-electron chi connectivity index (χ1n) is 20.6. The van der Waals surface area contributed by atoms with Crippen LogP contribution in [0.4, 0.5) is 9.59 Å². The molecule has 4 aromatic rings. The number of aromatic nitrogens is 2. The molecule has 60 heavy (non-hydrogen) atoms. The van der Waals surface area contributed by atoms with Gasteiger partial charge in [-0.15, -0.1) is 0 Å². The SMILES string of the molecule is Cc1cccc(CN2CCN([C@H](C(=O)N[C@@H](Cc3ccccc3)C[C@H](O)[C@H](Cc3ccc(-c4cccc(C)n4)cc3)NC(=O)[C@@H](NC(=O)O)C(C)(C)C)C(C)(C)C)C2=O)n1. The Kier molecular flexibility index (Phi) is 14.7. The molecule has 0 spiro atoms. The molecule has 5 N–H and O–H groups in total. The summed E-state index contributed by atoms with van der Waals surface area (Å²) in [5.41, 5.74) is 4.56. The van der Waals surface area contributed by atoms with Crippen molar-refractivity contribution in [3.8, 4) is 11.3 Å². The predicted octanol–water partition coefficient (Wildman–Crippen LogP) is 6.30. The minimum Gasteiger partial charge on any atom is -0.465 e. The molecule has 5 rings (SSSR count). The Bertz CT molecular complexity index is 2100. The smallest absolute Gasteiger partial charge is 0.405 e. The lowest BCUT2D eigenvalue weighted by Crippen LogP contribution is -2.59. The molecular formula is C47H61N7O6. The Morgan fingerprint density at radius 3 is 1.95 bits per heavy atom. The Morgan fingerprint density at radius 1 is 0.717 bits per heavy atom. The third-order valence-electron chi connectivity index (χ3n) is 10.8. The van der Waals surface area contributed by atoms with Gasteiger partial charge in [0.15, 0.2) is 0 Å². The molecule has 5 atom stereocenters. The number of benzene rings is 2. The molecule has 1 saturated heterocycles. The lowest BCUT2D eigenvalue weighted by Gasteiger charge is -2.38. The van der Waals surface area contributed by atoms with Crippen LogP contribution in [0.15, 0.2) is 91.0 Å². The number of aliphatic hydroxyl groups is 1. The van der Waals surface area contributed by atoms with E-state index in [9.17, 15) is 29.4 Å². The molecule has 2 aromatic carbocycles. The van der Waals surface area contributed by atoms with Gasteiger partial charge in [-0.1, -0.05) is 108 Å². The zero-order valence-electron chi connectivity index (χ0n) is 36.1. The first kappa shape index (κ1) is 45.3. The predicted molar refractivity (Wildman–Crippen MR) is 232 cm³/mol. The summed E-state index contributed by atoms with van der Waals surface area (Å²) in [6.45, 7) is 16.0. The molecule has 0 aliphatic carbocycles. The van der Waals surface area contributed by atoms with E-state index in [2.05, 4.69) is 25.9 Å². The van der Waals surface area contributed by atoms with Crippen LogP contribution >= 0.6 is 0 Å². The second-order valence-electron chi connectivity index (χ2n) is 18.1. The number of amides is 5. The minimum absolute atomic E-state index is 0.0411. The van der Waals surface area contributed by atoms with Gasteiger partial charge in [-0.25, -0.2) is 9.59 Å². The van der Waals surface area contributed by atoms with Crippen molar-refractivity contribution in [3.63, 3.8) is 0 Å². The second kappa shape index (κ2) is 19.5. The summed E-state index contributed by atoms with van der Waals surface area (Å²) >= 11 is 0. The van der Waals surface area contributed by atoms with Crippen LogP contribution in [-0.4, -0.2) is 97.3 Å². The van der Waals surface area contributed by atoms with Gasteiger partial charge < -0.3 is 36.0 Å². The van der Waals surface area contributed by atoms with Crippen LogP contribution in [0, 0.1) is 24.7 Å². The molecular weight excluding hydrogens is 759 g/mol. The average molecular weight is 820 g/mol. The fourth-order valence-corrected chi connectivity index (χ4v) is 7.82. The summed E-state index contributed by atoms with van der Waals surface area (Å²) in [6, 6.07) is 25.2. The molecule has 320 valence electrons. The number of hydrogen-bond acceptors (Lipinski definition) is 7. The second-order valence-corrected chi connectivity index (χ2v) is 18.1. The monoisotopic (exact) mass is 819 g/mol. The van der Waals surface area contributed by atoms with E-state index in [4.69, 9.17) is 0 Å². The molecule has 0 unspecified atom stereocenters. The lowest BCUT2D eigenvalue weighted by molar-refractivity contribution is -0.130. The zero-order chi connectivity index (χ0) is 43.8. The topological polar surface area (TPSA) is 177 Å². The third-order valence-corrected chi connectivity index (χ3v) is 10.8. The number of carbonyl (C=O) groups excluding carboxylic acids is 3. The summed E-state index contributed by atoms with van der Waals surface area (Å²) in [7, 11) is 0. The maximum Gasteiger partial charge on any atom is 0.405 e. The number of nitrogens with one attached hydrogen (secondary N) is 3. The van der Waals surface area contributed by atoms with Crippen molar-refractivity contribution >= 4 is 23.9 Å². The van der Waals surface area contributed by atoms with Crippen LogP contribution in [-0.2, 0) is 29.0 Å². The molecule has 3 heterocycles. The van der Waals surface area contributed by atoms with Gasteiger partial charge in [0, 0.05) is 36.1 Å². The van der Waals surface area contributed by atoms with E-state index in [1.165, 1.54) is 0 Å². The van der Waals surface area contributed by atoms with E-state index in [0.29, 0.717) is 26.1 Å². The standard InChI is InChI=1S/C47H61N7O6/c1-30-14-12-18-35(48-30)29-53-24-25-54(45(53)60)41(47(6,7)8)43(57)50-36(26-32-16-10-9-11-17-32)28-39(55)38(51-42(56)40(46(3,4)5)52-44(58)59)27-33-20-22-34(23-21-33)37-19-13-15-31(2)49-37/h9-23,36,38-41,52,55H,24-29H2,1-8H3,(H,50,57)(H,51,56)(H,58,59)/t36-,38-,39-,40+,41+/m0/s1. The van der Waals surface area contributed by atoms with E-state index >= 15 is 0 Å². The van der Waals surface area contributed by atoms with Crippen LogP contribution in [0.1, 0.15) is 76.2 Å². The highest BCUT2D eigenvalue weighted by Crippen LogP contribution is 2.29. The lowest BCUT2D eigenvalue weighted by atomic mass is 9.84. The van der Waals surface area contributed by atoms with Gasteiger partial charge in [-0.05, 0) is 79.3 Å². The number of nitrogens with zero attached hydrogens (tertiary/aromatic N) is 4. The van der Waals surface area contributed by atoms with Crippen molar-refractivity contribution < 1.29 is 29.4 Å². The molecule has 0 saturated carbocycles. The Morgan fingerprint density at radius 2 is 1.35 bits per heavy atom. The number of aryl methyl sites for hydroxylation is 2. The van der Waals surface area contributed by atoms with Crippen molar-refractivity contribution in [1.29, 1.82) is 0 Å². The van der Waals surface area contributed by atoms with E-state index < -0.39 is 53.1 Å². The molecule has 2 aromatic heterocycles. The molecule has 1 aliphatic heterocycles. The first-order chi connectivity index (χ1) is 28.3. The third kappa shape index (κ3) is 12.4. The minimum atomic E-state index is -1.34. The first-order valence-corrected chi connectivity index (χ1v) is 20.6. The maximum atomic E-state index is 14.6. The largest absolute Gasteiger partial charge is 0.465 e. The number of hydrogen-bond donors (Lipinski definition) is 5. The molecule has 5 amide bonds. The highest BCUT2D eigenvalue weighted by Gasteiger charge is 2.44. The van der Waals surface area contributed by atoms with E-state index in [0.717, 1.165) is 39.5 Å². The van der Waals surface area contributed by atoms with Gasteiger partial charge in [0.1, 0.15) is 12.1 Å². The molecule has 13 nitrogen and oxygen atoms in total. The van der Waals surface area contributed by atoms with Crippen molar-refractivity contribution in [3.05, 3.63) is 119 Å². The molecule has 13 heteroatoms. The average Bonchev–Trinajstić information content (AvgIpc) is 3.51. The van der Waals surface area contributed by atoms with Gasteiger partial charge >= 0.3 is 12.1 Å². The van der Waals surface area contributed by atoms with Gasteiger partial charge in [0.25, 0.3) is 0 Å². The van der Waals surface area contributed by atoms with Crippen molar-refractivity contribution in [1.82, 2.24) is 35.7 Å². The Hall–Kier alpha value is -5.82. The summed E-state index contributed by atoms with van der Waals surface area (Å²) in [5.74, 6) is -0.928.